The van der Waals surface area contributed by atoms with Gasteiger partial charge in [0.15, 0.2) is 0 Å². The van der Waals surface area contributed by atoms with Crippen LogP contribution in [0.5, 0.6) is 0 Å². The van der Waals surface area contributed by atoms with Crippen molar-refractivity contribution in [1.29, 1.82) is 0 Å². The third kappa shape index (κ3) is 4.45. The second-order valence-electron chi connectivity index (χ2n) is 4.00. The maximum absolute atomic E-state index is 9.94. The van der Waals surface area contributed by atoms with E-state index in [0.29, 0.717) is 0 Å². The van der Waals surface area contributed by atoms with Crippen LogP contribution in [0.25, 0.3) is 0 Å². The maximum atomic E-state index is 9.94. The molecule has 2 heteroatoms. The molecule has 0 aliphatic rings. The summed E-state index contributed by atoms with van der Waals surface area (Å²) in [6, 6.07) is 10.3. The zero-order valence-corrected chi connectivity index (χ0v) is 9.61. The van der Waals surface area contributed by atoms with Gasteiger partial charge in [-0.25, -0.2) is 0 Å². The minimum atomic E-state index is -0.307. The fourth-order valence-corrected chi connectivity index (χ4v) is 1.54. The van der Waals surface area contributed by atoms with Gasteiger partial charge in [-0.3, -0.25) is 0 Å². The number of hydrogen-bond donors (Lipinski definition) is 2. The molecule has 0 fully saturated rings. The summed E-state index contributed by atoms with van der Waals surface area (Å²) in [6.07, 6.45) is 1.51. The molecule has 0 spiro atoms. The first kappa shape index (κ1) is 12.2. The first-order valence-corrected chi connectivity index (χ1v) is 5.69. The Labute approximate surface area is 92.3 Å². The number of aliphatic hydroxyl groups excluding tert-OH is 1. The Balaban J connectivity index is 2.38. The van der Waals surface area contributed by atoms with Gasteiger partial charge in [-0.15, -0.1) is 0 Å². The largest absolute Gasteiger partial charge is 0.391 e. The number of benzene rings is 1. The molecule has 0 radical (unpaired) electrons. The molecule has 0 bridgehead atoms. The van der Waals surface area contributed by atoms with E-state index in [2.05, 4.69) is 24.4 Å². The summed E-state index contributed by atoms with van der Waals surface area (Å²) in [5.41, 5.74) is 1.19. The van der Waals surface area contributed by atoms with Crippen LogP contribution >= 0.6 is 0 Å². The Bertz CT molecular complexity index is 260. The second kappa shape index (κ2) is 6.59. The fraction of sp³-hybridized carbons (Fsp3) is 0.538. The molecule has 0 saturated carbocycles. The van der Waals surface area contributed by atoms with Gasteiger partial charge in [0, 0.05) is 6.04 Å². The van der Waals surface area contributed by atoms with E-state index in [4.69, 9.17) is 0 Å². The molecule has 1 rings (SSSR count). The van der Waals surface area contributed by atoms with Crippen molar-refractivity contribution in [3.05, 3.63) is 35.9 Å². The van der Waals surface area contributed by atoms with E-state index in [1.165, 1.54) is 5.56 Å². The molecule has 2 nitrogen and oxygen atoms in total. The van der Waals surface area contributed by atoms with Gasteiger partial charge >= 0.3 is 0 Å². The summed E-state index contributed by atoms with van der Waals surface area (Å²) in [5, 5.41) is 13.2. The Kier molecular flexibility index (Phi) is 5.37. The first-order valence-electron chi connectivity index (χ1n) is 5.69. The van der Waals surface area contributed by atoms with Crippen LogP contribution in [0, 0.1) is 0 Å². The molecule has 1 aromatic carbocycles. The average Bonchev–Trinajstić information content (AvgIpc) is 2.27. The summed E-state index contributed by atoms with van der Waals surface area (Å²) in [6.45, 7) is 5.12. The lowest BCUT2D eigenvalue weighted by molar-refractivity contribution is 0.135. The number of rotatable bonds is 6. The first-order chi connectivity index (χ1) is 7.24. The molecule has 15 heavy (non-hydrogen) atoms. The molecule has 0 heterocycles. The van der Waals surface area contributed by atoms with Crippen molar-refractivity contribution >= 4 is 0 Å². The van der Waals surface area contributed by atoms with Gasteiger partial charge in [0.25, 0.3) is 0 Å². The van der Waals surface area contributed by atoms with E-state index < -0.39 is 0 Å². The minimum absolute atomic E-state index is 0.158. The summed E-state index contributed by atoms with van der Waals surface area (Å²) >= 11 is 0. The second-order valence-corrected chi connectivity index (χ2v) is 4.00. The van der Waals surface area contributed by atoms with Crippen LogP contribution in [0.4, 0.5) is 0 Å². The highest BCUT2D eigenvalue weighted by Gasteiger charge is 2.13. The van der Waals surface area contributed by atoms with Gasteiger partial charge in [0.05, 0.1) is 6.10 Å². The molecule has 0 aliphatic carbocycles. The predicted molar refractivity (Wildman–Crippen MR) is 63.9 cm³/mol. The number of aliphatic hydroxyl groups is 1. The number of nitrogens with one attached hydrogen (secondary N) is 1. The van der Waals surface area contributed by atoms with Gasteiger partial charge < -0.3 is 10.4 Å². The molecule has 0 unspecified atom stereocenters. The van der Waals surface area contributed by atoms with Crippen molar-refractivity contribution < 1.29 is 5.11 Å². The topological polar surface area (TPSA) is 32.3 Å². The maximum Gasteiger partial charge on any atom is 0.0730 e. The Morgan fingerprint density at radius 2 is 1.93 bits per heavy atom. The molecule has 84 valence electrons. The van der Waals surface area contributed by atoms with Crippen molar-refractivity contribution in [2.24, 2.45) is 0 Å². The van der Waals surface area contributed by atoms with Crippen molar-refractivity contribution in [3.63, 3.8) is 0 Å². The monoisotopic (exact) mass is 207 g/mol. The molecular formula is C13H21NO. The highest BCUT2D eigenvalue weighted by molar-refractivity contribution is 5.15. The molecule has 0 aromatic heterocycles. The van der Waals surface area contributed by atoms with Crippen molar-refractivity contribution in [2.45, 2.75) is 38.8 Å². The van der Waals surface area contributed by atoms with Gasteiger partial charge in [0.1, 0.15) is 0 Å². The smallest absolute Gasteiger partial charge is 0.0730 e. The van der Waals surface area contributed by atoms with Crippen molar-refractivity contribution in [3.8, 4) is 0 Å². The van der Waals surface area contributed by atoms with E-state index in [1.54, 1.807) is 0 Å². The van der Waals surface area contributed by atoms with E-state index in [0.717, 1.165) is 19.4 Å². The van der Waals surface area contributed by atoms with Gasteiger partial charge in [-0.2, -0.15) is 0 Å². The lowest BCUT2D eigenvalue weighted by Gasteiger charge is -2.20. The zero-order valence-electron chi connectivity index (χ0n) is 9.61. The Hall–Kier alpha value is -0.860. The molecule has 0 saturated heterocycles. The van der Waals surface area contributed by atoms with Crippen molar-refractivity contribution in [1.82, 2.24) is 5.32 Å². The van der Waals surface area contributed by atoms with Crippen LogP contribution in [0.15, 0.2) is 30.3 Å². The van der Waals surface area contributed by atoms with Crippen molar-refractivity contribution in [2.75, 3.05) is 6.54 Å². The molecule has 0 aliphatic heterocycles. The molecule has 1 aromatic rings. The molecule has 2 N–H and O–H groups in total. The third-order valence-corrected chi connectivity index (χ3v) is 2.58. The summed E-state index contributed by atoms with van der Waals surface area (Å²) in [4.78, 5) is 0. The highest BCUT2D eigenvalue weighted by atomic mass is 16.3. The summed E-state index contributed by atoms with van der Waals surface area (Å²) in [7, 11) is 0. The van der Waals surface area contributed by atoms with Crippen LogP contribution in [0.3, 0.4) is 0 Å². The number of hydrogen-bond acceptors (Lipinski definition) is 2. The normalized spacial score (nSPS) is 14.9. The predicted octanol–water partition coefficient (Wildman–Crippen LogP) is 1.98. The van der Waals surface area contributed by atoms with Crippen LogP contribution in [0.2, 0.25) is 0 Å². The van der Waals surface area contributed by atoms with Crippen LogP contribution in [-0.4, -0.2) is 23.8 Å². The van der Waals surface area contributed by atoms with E-state index in [-0.39, 0.29) is 12.1 Å². The quantitative estimate of drug-likeness (QED) is 0.747. The SMILES string of the molecule is CCCN[C@H](C)[C@@H](O)Cc1ccccc1. The standard InChI is InChI=1S/C13H21NO/c1-3-9-14-11(2)13(15)10-12-7-5-4-6-8-12/h4-8,11,13-15H,3,9-10H2,1-2H3/t11-,13+/m1/s1. The Morgan fingerprint density at radius 3 is 2.53 bits per heavy atom. The Morgan fingerprint density at radius 1 is 1.27 bits per heavy atom. The molecular weight excluding hydrogens is 186 g/mol. The molecule has 0 amide bonds. The van der Waals surface area contributed by atoms with E-state index >= 15 is 0 Å². The lowest BCUT2D eigenvalue weighted by atomic mass is 10.0. The van der Waals surface area contributed by atoms with Crippen LogP contribution < -0.4 is 5.32 Å². The van der Waals surface area contributed by atoms with Gasteiger partial charge in [-0.05, 0) is 31.9 Å². The van der Waals surface area contributed by atoms with Crippen LogP contribution in [0.1, 0.15) is 25.8 Å². The molecule has 2 atom stereocenters. The summed E-state index contributed by atoms with van der Waals surface area (Å²) < 4.78 is 0. The fourth-order valence-electron chi connectivity index (χ4n) is 1.54. The summed E-state index contributed by atoms with van der Waals surface area (Å²) in [5.74, 6) is 0. The lowest BCUT2D eigenvalue weighted by Crippen LogP contribution is -2.38. The van der Waals surface area contributed by atoms with Gasteiger partial charge in [-0.1, -0.05) is 37.3 Å². The van der Waals surface area contributed by atoms with E-state index in [9.17, 15) is 5.11 Å². The third-order valence-electron chi connectivity index (χ3n) is 2.58. The van der Waals surface area contributed by atoms with E-state index in [1.807, 2.05) is 25.1 Å². The average molecular weight is 207 g/mol. The van der Waals surface area contributed by atoms with Crippen LogP contribution in [-0.2, 0) is 6.42 Å². The van der Waals surface area contributed by atoms with Gasteiger partial charge in [0.2, 0.25) is 0 Å². The zero-order chi connectivity index (χ0) is 11.1. The highest BCUT2D eigenvalue weighted by Crippen LogP contribution is 2.05. The minimum Gasteiger partial charge on any atom is -0.391 e.